The Balaban J connectivity index is 2.24. The molecule has 18 heavy (non-hydrogen) atoms. The molecular weight excluding hydrogens is 250 g/mol. The minimum absolute atomic E-state index is 0.0378. The summed E-state index contributed by atoms with van der Waals surface area (Å²) in [5.41, 5.74) is 1.44. The van der Waals surface area contributed by atoms with Crippen LogP contribution in [0.5, 0.6) is 0 Å². The van der Waals surface area contributed by atoms with Crippen LogP contribution < -0.4 is 0 Å². The highest BCUT2D eigenvalue weighted by molar-refractivity contribution is 7.13. The van der Waals surface area contributed by atoms with E-state index in [1.807, 2.05) is 10.9 Å². The Labute approximate surface area is 109 Å². The molecule has 0 unspecified atom stereocenters. The van der Waals surface area contributed by atoms with Crippen LogP contribution in [0.1, 0.15) is 26.5 Å². The van der Waals surface area contributed by atoms with Gasteiger partial charge in [0.25, 0.3) is 0 Å². The van der Waals surface area contributed by atoms with Crippen molar-refractivity contribution in [3.8, 4) is 10.6 Å². The summed E-state index contributed by atoms with van der Waals surface area (Å²) >= 11 is 1.44. The average molecular weight is 265 g/mol. The number of carboxylic acids is 1. The van der Waals surface area contributed by atoms with Gasteiger partial charge in [-0.1, -0.05) is 0 Å². The SMILES string of the molecule is CC(C)(C)n1cc(-c2nc(CC(=O)O)cs2)cn1. The first-order valence-corrected chi connectivity index (χ1v) is 6.46. The van der Waals surface area contributed by atoms with Crippen LogP contribution in [0.15, 0.2) is 17.8 Å². The molecule has 1 N–H and O–H groups in total. The molecular formula is C12H15N3O2S. The van der Waals surface area contributed by atoms with Crippen LogP contribution >= 0.6 is 11.3 Å². The van der Waals surface area contributed by atoms with Crippen molar-refractivity contribution in [3.63, 3.8) is 0 Å². The van der Waals surface area contributed by atoms with Crippen LogP contribution in [-0.4, -0.2) is 25.8 Å². The molecule has 0 radical (unpaired) electrons. The van der Waals surface area contributed by atoms with E-state index in [0.717, 1.165) is 10.6 Å². The summed E-state index contributed by atoms with van der Waals surface area (Å²) in [6.45, 7) is 6.21. The summed E-state index contributed by atoms with van der Waals surface area (Å²) < 4.78 is 1.88. The second kappa shape index (κ2) is 4.53. The highest BCUT2D eigenvalue weighted by atomic mass is 32.1. The van der Waals surface area contributed by atoms with Crippen LogP contribution in [0.2, 0.25) is 0 Å². The minimum atomic E-state index is -0.864. The van der Waals surface area contributed by atoms with Gasteiger partial charge in [-0.2, -0.15) is 5.10 Å². The number of aliphatic carboxylic acids is 1. The standard InChI is InChI=1S/C12H15N3O2S/c1-12(2,3)15-6-8(5-13-15)11-14-9(7-18-11)4-10(16)17/h5-7H,4H2,1-3H3,(H,16,17). The number of thiazole rings is 1. The first-order valence-electron chi connectivity index (χ1n) is 5.58. The lowest BCUT2D eigenvalue weighted by atomic mass is 10.1. The van der Waals surface area contributed by atoms with Gasteiger partial charge in [0.1, 0.15) is 5.01 Å². The summed E-state index contributed by atoms with van der Waals surface area (Å²) in [7, 11) is 0. The molecule has 2 rings (SSSR count). The molecule has 96 valence electrons. The molecule has 0 aromatic carbocycles. The van der Waals surface area contributed by atoms with Crippen molar-refractivity contribution in [1.82, 2.24) is 14.8 Å². The molecule has 0 saturated heterocycles. The average Bonchev–Trinajstić information content (AvgIpc) is 2.81. The first kappa shape index (κ1) is 12.8. The van der Waals surface area contributed by atoms with Gasteiger partial charge in [0.15, 0.2) is 0 Å². The van der Waals surface area contributed by atoms with Crippen LogP contribution in [0.3, 0.4) is 0 Å². The molecule has 2 aromatic heterocycles. The van der Waals surface area contributed by atoms with Crippen molar-refractivity contribution >= 4 is 17.3 Å². The molecule has 2 aromatic rings. The molecule has 0 atom stereocenters. The summed E-state index contributed by atoms with van der Waals surface area (Å²) in [4.78, 5) is 14.9. The van der Waals surface area contributed by atoms with Crippen LogP contribution in [-0.2, 0) is 16.8 Å². The van der Waals surface area contributed by atoms with E-state index in [-0.39, 0.29) is 12.0 Å². The first-order chi connectivity index (χ1) is 8.36. The van der Waals surface area contributed by atoms with E-state index < -0.39 is 5.97 Å². The Morgan fingerprint density at radius 1 is 1.50 bits per heavy atom. The van der Waals surface area contributed by atoms with E-state index in [9.17, 15) is 4.79 Å². The van der Waals surface area contributed by atoms with Gasteiger partial charge in [-0.3, -0.25) is 9.48 Å². The van der Waals surface area contributed by atoms with E-state index in [4.69, 9.17) is 5.11 Å². The molecule has 0 bridgehead atoms. The van der Waals surface area contributed by atoms with Crippen molar-refractivity contribution in [3.05, 3.63) is 23.5 Å². The zero-order valence-electron chi connectivity index (χ0n) is 10.5. The van der Waals surface area contributed by atoms with Gasteiger partial charge in [0, 0.05) is 17.1 Å². The van der Waals surface area contributed by atoms with Gasteiger partial charge in [-0.05, 0) is 20.8 Å². The molecule has 0 aliphatic carbocycles. The zero-order valence-corrected chi connectivity index (χ0v) is 11.4. The third kappa shape index (κ3) is 2.76. The highest BCUT2D eigenvalue weighted by Gasteiger charge is 2.16. The highest BCUT2D eigenvalue weighted by Crippen LogP contribution is 2.25. The summed E-state index contributed by atoms with van der Waals surface area (Å²) in [5.74, 6) is -0.864. The smallest absolute Gasteiger partial charge is 0.309 e. The molecule has 5 nitrogen and oxygen atoms in total. The summed E-state index contributed by atoms with van der Waals surface area (Å²) in [5, 5.41) is 15.6. The molecule has 0 amide bonds. The maximum atomic E-state index is 10.6. The number of hydrogen-bond donors (Lipinski definition) is 1. The number of nitrogens with zero attached hydrogens (tertiary/aromatic N) is 3. The Bertz CT molecular complexity index is 566. The quantitative estimate of drug-likeness (QED) is 0.925. The maximum absolute atomic E-state index is 10.6. The summed E-state index contributed by atoms with van der Waals surface area (Å²) in [6.07, 6.45) is 3.65. The number of aromatic nitrogens is 3. The third-order valence-electron chi connectivity index (χ3n) is 2.40. The van der Waals surface area contributed by atoms with Crippen LogP contribution in [0, 0.1) is 0 Å². The van der Waals surface area contributed by atoms with E-state index in [2.05, 4.69) is 30.9 Å². The van der Waals surface area contributed by atoms with E-state index >= 15 is 0 Å². The van der Waals surface area contributed by atoms with Crippen LogP contribution in [0.25, 0.3) is 10.6 Å². The van der Waals surface area contributed by atoms with Crippen LogP contribution in [0.4, 0.5) is 0 Å². The lowest BCUT2D eigenvalue weighted by Crippen LogP contribution is -2.21. The molecule has 6 heteroatoms. The molecule has 0 fully saturated rings. The second-order valence-electron chi connectivity index (χ2n) is 5.06. The Hall–Kier alpha value is -1.69. The van der Waals surface area contributed by atoms with E-state index in [0.29, 0.717) is 5.69 Å². The number of carbonyl (C=O) groups is 1. The lowest BCUT2D eigenvalue weighted by molar-refractivity contribution is -0.136. The topological polar surface area (TPSA) is 68.0 Å². The van der Waals surface area contributed by atoms with Crippen molar-refractivity contribution in [2.24, 2.45) is 0 Å². The minimum Gasteiger partial charge on any atom is -0.481 e. The predicted molar refractivity (Wildman–Crippen MR) is 69.7 cm³/mol. The number of carboxylic acid groups (broad SMARTS) is 1. The number of rotatable bonds is 3. The number of hydrogen-bond acceptors (Lipinski definition) is 4. The zero-order chi connectivity index (χ0) is 13.3. The Kier molecular flexibility index (Phi) is 3.21. The molecule has 0 spiro atoms. The molecule has 2 heterocycles. The van der Waals surface area contributed by atoms with E-state index in [1.54, 1.807) is 11.6 Å². The molecule has 0 aliphatic heterocycles. The van der Waals surface area contributed by atoms with Gasteiger partial charge in [0.05, 0.1) is 23.9 Å². The Morgan fingerprint density at radius 2 is 2.22 bits per heavy atom. The normalized spacial score (nSPS) is 11.7. The van der Waals surface area contributed by atoms with Crippen molar-refractivity contribution in [2.75, 3.05) is 0 Å². The van der Waals surface area contributed by atoms with Gasteiger partial charge in [-0.15, -0.1) is 11.3 Å². The van der Waals surface area contributed by atoms with Crippen molar-refractivity contribution < 1.29 is 9.90 Å². The van der Waals surface area contributed by atoms with Gasteiger partial charge < -0.3 is 5.11 Å². The Morgan fingerprint density at radius 3 is 2.78 bits per heavy atom. The fourth-order valence-electron chi connectivity index (χ4n) is 1.48. The van der Waals surface area contributed by atoms with Gasteiger partial charge in [0.2, 0.25) is 0 Å². The fraction of sp³-hybridized carbons (Fsp3) is 0.417. The van der Waals surface area contributed by atoms with Gasteiger partial charge in [-0.25, -0.2) is 4.98 Å². The van der Waals surface area contributed by atoms with E-state index in [1.165, 1.54) is 11.3 Å². The fourth-order valence-corrected chi connectivity index (χ4v) is 2.27. The lowest BCUT2D eigenvalue weighted by Gasteiger charge is -2.18. The molecule has 0 saturated carbocycles. The van der Waals surface area contributed by atoms with Gasteiger partial charge >= 0.3 is 5.97 Å². The maximum Gasteiger partial charge on any atom is 0.309 e. The largest absolute Gasteiger partial charge is 0.481 e. The van der Waals surface area contributed by atoms with Crippen molar-refractivity contribution in [2.45, 2.75) is 32.7 Å². The molecule has 0 aliphatic rings. The van der Waals surface area contributed by atoms with Crippen molar-refractivity contribution in [1.29, 1.82) is 0 Å². The second-order valence-corrected chi connectivity index (χ2v) is 5.92. The third-order valence-corrected chi connectivity index (χ3v) is 3.34. The summed E-state index contributed by atoms with van der Waals surface area (Å²) in [6, 6.07) is 0. The monoisotopic (exact) mass is 265 g/mol. The predicted octanol–water partition coefficient (Wildman–Crippen LogP) is 2.39.